The molecule has 2 aromatic rings. The van der Waals surface area contributed by atoms with Gasteiger partial charge in [-0.3, -0.25) is 5.01 Å². The third kappa shape index (κ3) is 4.70. The quantitative estimate of drug-likeness (QED) is 0.442. The Morgan fingerprint density at radius 3 is 2.24 bits per heavy atom. The minimum atomic E-state index is 0.0187. The van der Waals surface area contributed by atoms with Crippen LogP contribution < -0.4 is 19.2 Å². The normalized spacial score (nSPS) is 20.0. The molecule has 1 atom stereocenters. The molecule has 0 N–H and O–H groups in total. The summed E-state index contributed by atoms with van der Waals surface area (Å²) >= 11 is 0. The Kier molecular flexibility index (Phi) is 7.01. The van der Waals surface area contributed by atoms with E-state index >= 15 is 0 Å². The Morgan fingerprint density at radius 2 is 1.65 bits per heavy atom. The van der Waals surface area contributed by atoms with Crippen LogP contribution in [0.4, 0.5) is 5.69 Å². The first-order valence-electron chi connectivity index (χ1n) is 12.0. The summed E-state index contributed by atoms with van der Waals surface area (Å²) in [6.45, 7) is 6.97. The molecule has 1 aliphatic carbocycles. The van der Waals surface area contributed by atoms with E-state index in [1.165, 1.54) is 30.4 Å². The number of methoxy groups -OCH3 is 3. The molecule has 0 aromatic heterocycles. The molecule has 0 spiro atoms. The fourth-order valence-electron chi connectivity index (χ4n) is 5.20. The first-order valence-corrected chi connectivity index (χ1v) is 12.0. The second-order valence-corrected chi connectivity index (χ2v) is 9.71. The van der Waals surface area contributed by atoms with Crippen molar-refractivity contribution in [3.63, 3.8) is 0 Å². The predicted molar refractivity (Wildman–Crippen MR) is 139 cm³/mol. The minimum Gasteiger partial charge on any atom is -0.493 e. The number of allylic oxidation sites excluding steroid dienone is 4. The molecule has 0 saturated heterocycles. The number of para-hydroxylation sites is 1. The molecule has 4 rings (SSSR count). The first-order chi connectivity index (χ1) is 16.4. The zero-order chi connectivity index (χ0) is 24.3. The van der Waals surface area contributed by atoms with E-state index < -0.39 is 0 Å². The summed E-state index contributed by atoms with van der Waals surface area (Å²) in [6, 6.07) is 14.4. The number of anilines is 1. The van der Waals surface area contributed by atoms with Crippen molar-refractivity contribution in [3.05, 3.63) is 71.3 Å². The van der Waals surface area contributed by atoms with Crippen LogP contribution in [0.3, 0.4) is 0 Å². The summed E-state index contributed by atoms with van der Waals surface area (Å²) in [4.78, 5) is 0. The summed E-state index contributed by atoms with van der Waals surface area (Å²) in [5, 5.41) is 7.16. The van der Waals surface area contributed by atoms with Crippen molar-refractivity contribution in [3.8, 4) is 17.2 Å². The van der Waals surface area contributed by atoms with Crippen LogP contribution >= 0.6 is 0 Å². The Hall–Kier alpha value is -3.21. The molecule has 1 aliphatic heterocycles. The number of nitrogens with zero attached hydrogens (tertiary/aromatic N) is 2. The Balaban J connectivity index is 1.72. The van der Waals surface area contributed by atoms with Crippen molar-refractivity contribution in [1.82, 2.24) is 0 Å². The van der Waals surface area contributed by atoms with Crippen LogP contribution in [-0.4, -0.2) is 27.0 Å². The van der Waals surface area contributed by atoms with Crippen LogP contribution in [0, 0.1) is 5.41 Å². The van der Waals surface area contributed by atoms with E-state index in [0.717, 1.165) is 23.4 Å². The Morgan fingerprint density at radius 1 is 0.971 bits per heavy atom. The number of rotatable bonds is 7. The standard InChI is InChI=1S/C29H36N2O3/c1-20-11-10-16-29(2,3)24(20)15-14-22-19-25(31(30-22)23-12-8-7-9-13-23)21-17-26(32-4)28(34-6)27(18-21)33-5/h7-9,12-15,17-18,25H,10-11,16,19H2,1-6H3/b15-14+. The number of hydrogen-bond acceptors (Lipinski definition) is 5. The number of hydrogen-bond donors (Lipinski definition) is 0. The van der Waals surface area contributed by atoms with Crippen LogP contribution in [0.5, 0.6) is 17.2 Å². The summed E-state index contributed by atoms with van der Waals surface area (Å²) in [5.74, 6) is 1.90. The van der Waals surface area contributed by atoms with Gasteiger partial charge < -0.3 is 14.2 Å². The van der Waals surface area contributed by atoms with Gasteiger partial charge in [0, 0.05) is 6.42 Å². The van der Waals surface area contributed by atoms with Gasteiger partial charge in [-0.1, -0.05) is 43.7 Å². The van der Waals surface area contributed by atoms with E-state index in [9.17, 15) is 0 Å². The summed E-state index contributed by atoms with van der Waals surface area (Å²) < 4.78 is 16.8. The number of benzene rings is 2. The average Bonchev–Trinajstić information content (AvgIpc) is 3.27. The van der Waals surface area contributed by atoms with Gasteiger partial charge in [-0.15, -0.1) is 0 Å². The monoisotopic (exact) mass is 460 g/mol. The highest BCUT2D eigenvalue weighted by Gasteiger charge is 2.31. The van der Waals surface area contributed by atoms with Crippen molar-refractivity contribution in [2.24, 2.45) is 10.5 Å². The fourth-order valence-corrected chi connectivity index (χ4v) is 5.20. The molecule has 1 heterocycles. The maximum atomic E-state index is 5.63. The van der Waals surface area contributed by atoms with Gasteiger partial charge in [0.25, 0.3) is 0 Å². The van der Waals surface area contributed by atoms with Gasteiger partial charge in [-0.05, 0) is 73.1 Å². The van der Waals surface area contributed by atoms with E-state index in [1.807, 2.05) is 30.3 Å². The average molecular weight is 461 g/mol. The number of hydrazone groups is 1. The van der Waals surface area contributed by atoms with Crippen LogP contribution in [-0.2, 0) is 0 Å². The van der Waals surface area contributed by atoms with Gasteiger partial charge in [-0.2, -0.15) is 5.10 Å². The molecule has 2 aliphatic rings. The van der Waals surface area contributed by atoms with Crippen molar-refractivity contribution < 1.29 is 14.2 Å². The number of ether oxygens (including phenoxy) is 3. The van der Waals surface area contributed by atoms with E-state index in [-0.39, 0.29) is 11.5 Å². The topological polar surface area (TPSA) is 43.3 Å². The lowest BCUT2D eigenvalue weighted by Gasteiger charge is -2.32. The van der Waals surface area contributed by atoms with Crippen LogP contribution in [0.1, 0.15) is 58.1 Å². The van der Waals surface area contributed by atoms with E-state index in [0.29, 0.717) is 17.2 Å². The molecule has 0 bridgehead atoms. The SMILES string of the molecule is COc1cc(C2CC(/C=C/C3=C(C)CCCC3(C)C)=NN2c2ccccc2)cc(OC)c1OC. The van der Waals surface area contributed by atoms with Crippen LogP contribution in [0.2, 0.25) is 0 Å². The minimum absolute atomic E-state index is 0.0187. The van der Waals surface area contributed by atoms with E-state index in [4.69, 9.17) is 19.3 Å². The molecule has 0 radical (unpaired) electrons. The zero-order valence-corrected chi connectivity index (χ0v) is 21.2. The van der Waals surface area contributed by atoms with E-state index in [2.05, 4.69) is 50.1 Å². The molecule has 1 unspecified atom stereocenters. The molecule has 0 saturated carbocycles. The largest absolute Gasteiger partial charge is 0.493 e. The first kappa shape index (κ1) is 23.9. The third-order valence-electron chi connectivity index (χ3n) is 7.01. The fraction of sp³-hybridized carbons (Fsp3) is 0.414. The lowest BCUT2D eigenvalue weighted by Crippen LogP contribution is -2.19. The highest BCUT2D eigenvalue weighted by molar-refractivity contribution is 5.98. The summed E-state index contributed by atoms with van der Waals surface area (Å²) in [7, 11) is 4.93. The highest BCUT2D eigenvalue weighted by Crippen LogP contribution is 2.44. The molecule has 2 aromatic carbocycles. The van der Waals surface area contributed by atoms with Gasteiger partial charge in [-0.25, -0.2) is 0 Å². The van der Waals surface area contributed by atoms with Crippen molar-refractivity contribution in [2.75, 3.05) is 26.3 Å². The Bertz CT molecular complexity index is 1090. The van der Waals surface area contributed by atoms with Crippen molar-refractivity contribution >= 4 is 11.4 Å². The molecule has 180 valence electrons. The van der Waals surface area contributed by atoms with Crippen molar-refractivity contribution in [1.29, 1.82) is 0 Å². The second-order valence-electron chi connectivity index (χ2n) is 9.71. The van der Waals surface area contributed by atoms with Gasteiger partial charge in [0.15, 0.2) is 11.5 Å². The summed E-state index contributed by atoms with van der Waals surface area (Å²) in [6.07, 6.45) is 8.97. The highest BCUT2D eigenvalue weighted by atomic mass is 16.5. The molecule has 34 heavy (non-hydrogen) atoms. The summed E-state index contributed by atoms with van der Waals surface area (Å²) in [5.41, 5.74) is 6.32. The smallest absolute Gasteiger partial charge is 0.203 e. The lowest BCUT2D eigenvalue weighted by molar-refractivity contribution is 0.323. The lowest BCUT2D eigenvalue weighted by atomic mass is 9.72. The molecule has 5 nitrogen and oxygen atoms in total. The van der Waals surface area contributed by atoms with Gasteiger partial charge >= 0.3 is 0 Å². The predicted octanol–water partition coefficient (Wildman–Crippen LogP) is 7.10. The van der Waals surface area contributed by atoms with E-state index in [1.54, 1.807) is 21.3 Å². The van der Waals surface area contributed by atoms with Gasteiger partial charge in [0.1, 0.15) is 0 Å². The molecular formula is C29H36N2O3. The molecular weight excluding hydrogens is 424 g/mol. The van der Waals surface area contributed by atoms with Crippen molar-refractivity contribution in [2.45, 2.75) is 52.5 Å². The third-order valence-corrected chi connectivity index (χ3v) is 7.01. The Labute approximate surface area is 203 Å². The zero-order valence-electron chi connectivity index (χ0n) is 21.2. The maximum Gasteiger partial charge on any atom is 0.203 e. The molecule has 0 amide bonds. The van der Waals surface area contributed by atoms with Crippen LogP contribution in [0.25, 0.3) is 0 Å². The molecule has 5 heteroatoms. The second kappa shape index (κ2) is 9.96. The van der Waals surface area contributed by atoms with Gasteiger partial charge in [0.2, 0.25) is 5.75 Å². The molecule has 0 fully saturated rings. The van der Waals surface area contributed by atoms with Crippen LogP contribution in [0.15, 0.2) is 70.9 Å². The van der Waals surface area contributed by atoms with Gasteiger partial charge in [0.05, 0.1) is 38.8 Å². The maximum absolute atomic E-state index is 5.63.